The third kappa shape index (κ3) is 5.53. The Morgan fingerprint density at radius 3 is 2.66 bits per heavy atom. The van der Waals surface area contributed by atoms with Crippen LogP contribution in [0.25, 0.3) is 10.8 Å². The summed E-state index contributed by atoms with van der Waals surface area (Å²) in [4.78, 5) is 30.4. The van der Waals surface area contributed by atoms with Crippen LogP contribution in [-0.2, 0) is 17.8 Å². The second-order valence-electron chi connectivity index (χ2n) is 11.0. The fraction of sp³-hybridized carbons (Fsp3) is 0.452. The third-order valence-electron chi connectivity index (χ3n) is 8.52. The number of amides is 1. The molecule has 1 aromatic heterocycles. The van der Waals surface area contributed by atoms with Gasteiger partial charge in [0.1, 0.15) is 24.3 Å². The van der Waals surface area contributed by atoms with Crippen molar-refractivity contribution in [3.63, 3.8) is 0 Å². The van der Waals surface area contributed by atoms with E-state index in [0.717, 1.165) is 52.3 Å². The molecule has 0 N–H and O–H groups in total. The summed E-state index contributed by atoms with van der Waals surface area (Å²) >= 11 is 0. The van der Waals surface area contributed by atoms with Crippen LogP contribution in [0.2, 0.25) is 0 Å². The molecule has 2 saturated heterocycles. The second-order valence-corrected chi connectivity index (χ2v) is 11.0. The highest BCUT2D eigenvalue weighted by atomic mass is 19.1. The molecular formula is C31H37FN6O3. The summed E-state index contributed by atoms with van der Waals surface area (Å²) in [5.74, 6) is 1.64. The van der Waals surface area contributed by atoms with Gasteiger partial charge in [-0.25, -0.2) is 4.39 Å². The fourth-order valence-corrected chi connectivity index (χ4v) is 6.21. The molecule has 6 rings (SSSR count). The first-order valence-electron chi connectivity index (χ1n) is 14.3. The van der Waals surface area contributed by atoms with Crippen molar-refractivity contribution in [3.05, 3.63) is 60.3 Å². The summed E-state index contributed by atoms with van der Waals surface area (Å²) in [5, 5.41) is 2.29. The van der Waals surface area contributed by atoms with E-state index in [0.29, 0.717) is 58.3 Å². The molecule has 1 amide bonds. The van der Waals surface area contributed by atoms with Gasteiger partial charge >= 0.3 is 6.01 Å². The molecule has 1 unspecified atom stereocenters. The number of anilines is 2. The number of likely N-dealkylation sites (tertiary alicyclic amines) is 1. The number of methoxy groups -OCH3 is 1. The van der Waals surface area contributed by atoms with Gasteiger partial charge in [-0.15, -0.1) is 0 Å². The number of hydrogen-bond acceptors (Lipinski definition) is 8. The number of nitrogens with zero attached hydrogens (tertiary/aromatic N) is 6. The Bertz CT molecular complexity index is 1440. The minimum Gasteiger partial charge on any atom is -0.497 e. The SMILES string of the molecule is C=CC(=O)N1CCN(c2nc(OCC3C[C@@H](F)CN3C)nc3c2CCN(c2cc(OC)cc4ccccc24)C3)CC1. The van der Waals surface area contributed by atoms with Crippen LogP contribution in [0.1, 0.15) is 17.7 Å². The molecule has 216 valence electrons. The van der Waals surface area contributed by atoms with E-state index in [-0.39, 0.29) is 11.9 Å². The van der Waals surface area contributed by atoms with Crippen LogP contribution in [0.4, 0.5) is 15.9 Å². The average Bonchev–Trinajstić information content (AvgIpc) is 3.34. The summed E-state index contributed by atoms with van der Waals surface area (Å²) in [7, 11) is 3.62. The number of rotatable bonds is 7. The Morgan fingerprint density at radius 1 is 1.12 bits per heavy atom. The number of carbonyl (C=O) groups is 1. The van der Waals surface area contributed by atoms with Crippen LogP contribution >= 0.6 is 0 Å². The quantitative estimate of drug-likeness (QED) is 0.407. The lowest BCUT2D eigenvalue weighted by Crippen LogP contribution is -2.49. The molecule has 3 aliphatic rings. The van der Waals surface area contributed by atoms with Gasteiger partial charge in [-0.3, -0.25) is 9.69 Å². The maximum Gasteiger partial charge on any atom is 0.318 e. The topological polar surface area (TPSA) is 74.3 Å². The molecule has 4 heterocycles. The van der Waals surface area contributed by atoms with Crippen LogP contribution in [0, 0.1) is 0 Å². The number of ether oxygens (including phenoxy) is 2. The highest BCUT2D eigenvalue weighted by Crippen LogP contribution is 2.37. The van der Waals surface area contributed by atoms with Crippen molar-refractivity contribution in [2.24, 2.45) is 0 Å². The molecule has 2 fully saturated rings. The van der Waals surface area contributed by atoms with Gasteiger partial charge in [0, 0.05) is 68.0 Å². The number of aromatic nitrogens is 2. The minimum absolute atomic E-state index is 0.0128. The molecule has 0 radical (unpaired) electrons. The van der Waals surface area contributed by atoms with E-state index in [1.807, 2.05) is 22.9 Å². The molecule has 2 aromatic carbocycles. The zero-order chi connectivity index (χ0) is 28.5. The predicted octanol–water partition coefficient (Wildman–Crippen LogP) is 3.46. The molecule has 41 heavy (non-hydrogen) atoms. The number of fused-ring (bicyclic) bond motifs is 2. The van der Waals surface area contributed by atoms with Gasteiger partial charge in [-0.1, -0.05) is 30.8 Å². The first-order chi connectivity index (χ1) is 19.9. The second kappa shape index (κ2) is 11.5. The Kier molecular flexibility index (Phi) is 7.66. The summed E-state index contributed by atoms with van der Waals surface area (Å²) in [6.07, 6.45) is 1.75. The maximum absolute atomic E-state index is 14.0. The van der Waals surface area contributed by atoms with Gasteiger partial charge in [0.05, 0.1) is 19.3 Å². The maximum atomic E-state index is 14.0. The molecule has 0 spiro atoms. The van der Waals surface area contributed by atoms with Crippen molar-refractivity contribution < 1.29 is 18.7 Å². The molecular weight excluding hydrogens is 523 g/mol. The Balaban J connectivity index is 1.31. The van der Waals surface area contributed by atoms with E-state index in [4.69, 9.17) is 19.4 Å². The lowest BCUT2D eigenvalue weighted by Gasteiger charge is -2.38. The largest absolute Gasteiger partial charge is 0.497 e. The number of halogens is 1. The highest BCUT2D eigenvalue weighted by molar-refractivity contribution is 5.96. The lowest BCUT2D eigenvalue weighted by atomic mass is 10.0. The monoisotopic (exact) mass is 560 g/mol. The van der Waals surface area contributed by atoms with Crippen molar-refractivity contribution in [1.29, 1.82) is 0 Å². The van der Waals surface area contributed by atoms with Gasteiger partial charge in [0.15, 0.2) is 0 Å². The molecule has 0 bridgehead atoms. The van der Waals surface area contributed by atoms with Crippen molar-refractivity contribution in [3.8, 4) is 11.8 Å². The number of likely N-dealkylation sites (N-methyl/N-ethyl adjacent to an activating group) is 1. The molecule has 0 saturated carbocycles. The molecule has 3 aliphatic heterocycles. The summed E-state index contributed by atoms with van der Waals surface area (Å²) in [5.41, 5.74) is 3.15. The Hall–Kier alpha value is -3.92. The van der Waals surface area contributed by atoms with E-state index in [1.165, 1.54) is 6.08 Å². The first kappa shape index (κ1) is 27.3. The van der Waals surface area contributed by atoms with Crippen LogP contribution in [0.5, 0.6) is 11.8 Å². The molecule has 3 aromatic rings. The molecule has 2 atom stereocenters. The number of hydrogen-bond donors (Lipinski definition) is 0. The smallest absolute Gasteiger partial charge is 0.318 e. The summed E-state index contributed by atoms with van der Waals surface area (Å²) in [6.45, 7) is 8.33. The van der Waals surface area contributed by atoms with Crippen LogP contribution in [0.15, 0.2) is 49.1 Å². The normalized spacial score (nSPS) is 21.2. The van der Waals surface area contributed by atoms with Crippen molar-refractivity contribution in [1.82, 2.24) is 19.8 Å². The van der Waals surface area contributed by atoms with Crippen LogP contribution < -0.4 is 19.3 Å². The number of carbonyl (C=O) groups excluding carboxylic acids is 1. The molecule has 0 aliphatic carbocycles. The fourth-order valence-electron chi connectivity index (χ4n) is 6.21. The summed E-state index contributed by atoms with van der Waals surface area (Å²) < 4.78 is 25.8. The Labute approximate surface area is 240 Å². The van der Waals surface area contributed by atoms with Gasteiger partial charge < -0.3 is 24.2 Å². The van der Waals surface area contributed by atoms with E-state index >= 15 is 0 Å². The Morgan fingerprint density at radius 2 is 1.93 bits per heavy atom. The lowest BCUT2D eigenvalue weighted by molar-refractivity contribution is -0.126. The van der Waals surface area contributed by atoms with Crippen LogP contribution in [0.3, 0.4) is 0 Å². The zero-order valence-corrected chi connectivity index (χ0v) is 23.8. The van der Waals surface area contributed by atoms with Gasteiger partial charge in [-0.05, 0) is 37.4 Å². The van der Waals surface area contributed by atoms with Crippen molar-refractivity contribution in [2.75, 3.05) is 69.8 Å². The van der Waals surface area contributed by atoms with E-state index < -0.39 is 6.17 Å². The van der Waals surface area contributed by atoms with Gasteiger partial charge in [-0.2, -0.15) is 9.97 Å². The minimum atomic E-state index is -0.838. The zero-order valence-electron chi connectivity index (χ0n) is 23.8. The average molecular weight is 561 g/mol. The first-order valence-corrected chi connectivity index (χ1v) is 14.3. The van der Waals surface area contributed by atoms with Gasteiger partial charge in [0.2, 0.25) is 5.91 Å². The summed E-state index contributed by atoms with van der Waals surface area (Å²) in [6, 6.07) is 12.8. The van der Waals surface area contributed by atoms with Crippen LogP contribution in [-0.4, -0.2) is 97.9 Å². The number of piperazine rings is 1. The van der Waals surface area contributed by atoms with Crippen molar-refractivity contribution in [2.45, 2.75) is 31.6 Å². The van der Waals surface area contributed by atoms with E-state index in [9.17, 15) is 9.18 Å². The highest BCUT2D eigenvalue weighted by Gasteiger charge is 2.32. The third-order valence-corrected chi connectivity index (χ3v) is 8.52. The predicted molar refractivity (Wildman–Crippen MR) is 158 cm³/mol. The van der Waals surface area contributed by atoms with E-state index in [2.05, 4.69) is 46.7 Å². The number of alkyl halides is 1. The molecule has 9 nitrogen and oxygen atoms in total. The number of benzene rings is 2. The van der Waals surface area contributed by atoms with Gasteiger partial charge in [0.25, 0.3) is 0 Å². The molecule has 10 heteroatoms. The standard InChI is InChI=1S/C31H37FN6O3/c1-4-29(39)36-11-13-37(14-12-36)30-26-9-10-38(28-17-24(40-3)15-21-7-5-6-8-25(21)28)19-27(26)33-31(34-30)41-20-23-16-22(32)18-35(23)2/h4-8,15,17,22-23H,1,9-14,16,18-20H2,2-3H3/t22-,23?/m1/s1. The van der Waals surface area contributed by atoms with E-state index in [1.54, 1.807) is 7.11 Å². The van der Waals surface area contributed by atoms with Crippen molar-refractivity contribution >= 4 is 28.2 Å².